The summed E-state index contributed by atoms with van der Waals surface area (Å²) in [6.45, 7) is 17.9. The molecule has 4 nitrogen and oxygen atoms in total. The summed E-state index contributed by atoms with van der Waals surface area (Å²) in [4.78, 5) is 10.9. The van der Waals surface area contributed by atoms with Crippen LogP contribution in [0.5, 0.6) is 11.5 Å². The topological polar surface area (TPSA) is 70.8 Å². The molecule has 0 fully saturated rings. The van der Waals surface area contributed by atoms with Crippen molar-refractivity contribution in [1.82, 2.24) is 0 Å². The van der Waals surface area contributed by atoms with E-state index in [-0.39, 0.29) is 28.0 Å². The maximum absolute atomic E-state index is 11.4. The fourth-order valence-corrected chi connectivity index (χ4v) is 7.96. The first-order chi connectivity index (χ1) is 29.3. The van der Waals surface area contributed by atoms with E-state index in [1.54, 1.807) is 11.1 Å². The number of rotatable bonds is 31. The second-order valence-electron chi connectivity index (χ2n) is 17.3. The molecule has 0 aliphatic carbocycles. The third-order valence-electron chi connectivity index (χ3n) is 11.9. The Morgan fingerprint density at radius 1 is 0.393 bits per heavy atom. The van der Waals surface area contributed by atoms with Gasteiger partial charge in [-0.15, -0.1) is 11.5 Å². The summed E-state index contributed by atoms with van der Waals surface area (Å²) in [6.07, 6.45) is 33.1. The van der Waals surface area contributed by atoms with Gasteiger partial charge in [0.1, 0.15) is 0 Å². The number of hydrogen-bond donors (Lipinski definition) is 0. The molecule has 0 bridgehead atoms. The van der Waals surface area contributed by atoms with Crippen LogP contribution < -0.4 is 10.2 Å². The monoisotopic (exact) mass is 879 g/mol. The molecule has 0 aliphatic heterocycles. The molecule has 0 heterocycles. The molecule has 0 saturated carbocycles. The summed E-state index contributed by atoms with van der Waals surface area (Å²) in [5.41, 5.74) is 12.5. The number of nitrogens with zero attached hydrogens (tertiary/aromatic N) is 2. The number of unbranched alkanes of at least 4 members (excludes halogenated alkanes) is 13. The zero-order valence-corrected chi connectivity index (χ0v) is 41.4. The van der Waals surface area contributed by atoms with Crippen molar-refractivity contribution in [3.8, 4) is 11.5 Å². The number of benzene rings is 3. The molecule has 0 aliphatic rings. The van der Waals surface area contributed by atoms with Gasteiger partial charge in [0.05, 0.1) is 22.8 Å². The first-order valence-electron chi connectivity index (χ1n) is 25.2. The Labute approximate surface area is 386 Å². The Kier molecular flexibility index (Phi) is 32.7. The third kappa shape index (κ3) is 22.8. The zero-order valence-electron chi connectivity index (χ0n) is 40.4. The van der Waals surface area contributed by atoms with E-state index < -0.39 is 0 Å². The summed E-state index contributed by atoms with van der Waals surface area (Å²) in [5.74, 6) is -0.661. The van der Waals surface area contributed by atoms with Gasteiger partial charge in [0.25, 0.3) is 0 Å². The molecule has 0 spiro atoms. The van der Waals surface area contributed by atoms with Crippen molar-refractivity contribution in [2.24, 2.45) is 9.98 Å². The summed E-state index contributed by atoms with van der Waals surface area (Å²) in [7, 11) is 0. The SMILES string of the molecule is CCCCCCC(=Nc1ccc(CCCCC)c(CCCCC)c1)C(CCCC)=Nc1ccc(CCCCC)c(CCCCC)c1.CCCCc1cc(CC)cc([O-])c1[O-].[Ni+2]. The summed E-state index contributed by atoms with van der Waals surface area (Å²) >= 11 is 0. The molecule has 61 heavy (non-hydrogen) atoms. The molecular weight excluding hydrogens is 791 g/mol. The molecule has 3 rings (SSSR count). The van der Waals surface area contributed by atoms with Gasteiger partial charge in [-0.25, -0.2) is 0 Å². The molecule has 0 radical (unpaired) electrons. The molecule has 0 aromatic heterocycles. The Balaban J connectivity index is 0.00000105. The molecule has 0 N–H and O–H groups in total. The van der Waals surface area contributed by atoms with Crippen molar-refractivity contribution >= 4 is 22.8 Å². The van der Waals surface area contributed by atoms with Gasteiger partial charge in [-0.3, -0.25) is 9.98 Å². The van der Waals surface area contributed by atoms with Gasteiger partial charge in [0.2, 0.25) is 0 Å². The molecule has 0 atom stereocenters. The number of hydrogen-bond acceptors (Lipinski definition) is 4. The smallest absolute Gasteiger partial charge is 0.873 e. The van der Waals surface area contributed by atoms with Gasteiger partial charge < -0.3 is 10.2 Å². The molecule has 0 amide bonds. The van der Waals surface area contributed by atoms with Crippen LogP contribution in [0.1, 0.15) is 230 Å². The Hall–Kier alpha value is -2.91. The van der Waals surface area contributed by atoms with Gasteiger partial charge >= 0.3 is 16.5 Å². The van der Waals surface area contributed by atoms with Crippen LogP contribution in [-0.4, -0.2) is 11.4 Å². The number of aryl methyl sites for hydroxylation is 6. The minimum atomic E-state index is -0.351. The van der Waals surface area contributed by atoms with Crippen molar-refractivity contribution in [2.45, 2.75) is 235 Å². The van der Waals surface area contributed by atoms with E-state index >= 15 is 0 Å². The summed E-state index contributed by atoms with van der Waals surface area (Å²) in [6, 6.07) is 17.6. The summed E-state index contributed by atoms with van der Waals surface area (Å²) in [5, 5.41) is 22.7. The van der Waals surface area contributed by atoms with Crippen LogP contribution in [0, 0.1) is 0 Å². The third-order valence-corrected chi connectivity index (χ3v) is 11.9. The minimum absolute atomic E-state index is 0. The van der Waals surface area contributed by atoms with Crippen molar-refractivity contribution in [1.29, 1.82) is 0 Å². The molecule has 3 aromatic carbocycles. The van der Waals surface area contributed by atoms with Gasteiger partial charge in [-0.2, -0.15) is 0 Å². The fraction of sp³-hybridized carbons (Fsp3) is 0.643. The Morgan fingerprint density at radius 2 is 0.787 bits per heavy atom. The van der Waals surface area contributed by atoms with E-state index in [1.165, 1.54) is 163 Å². The maximum Gasteiger partial charge on any atom is 2.00 e. The van der Waals surface area contributed by atoms with Crippen molar-refractivity contribution in [3.05, 3.63) is 81.9 Å². The zero-order chi connectivity index (χ0) is 43.8. The second kappa shape index (κ2) is 35.5. The van der Waals surface area contributed by atoms with Gasteiger partial charge in [0.15, 0.2) is 0 Å². The van der Waals surface area contributed by atoms with E-state index in [9.17, 15) is 10.2 Å². The normalized spacial score (nSPS) is 11.7. The molecular formula is C56H88N2NiO2. The quantitative estimate of drug-likeness (QED) is 0.0367. The van der Waals surface area contributed by atoms with E-state index in [1.807, 2.05) is 13.0 Å². The van der Waals surface area contributed by atoms with E-state index in [0.29, 0.717) is 5.56 Å². The van der Waals surface area contributed by atoms with Gasteiger partial charge in [0, 0.05) is 0 Å². The summed E-state index contributed by atoms with van der Waals surface area (Å²) < 4.78 is 0. The minimum Gasteiger partial charge on any atom is -0.873 e. The Bertz CT molecular complexity index is 1640. The van der Waals surface area contributed by atoms with Crippen LogP contribution in [0.2, 0.25) is 0 Å². The van der Waals surface area contributed by atoms with Crippen LogP contribution >= 0.6 is 0 Å². The average molecular weight is 880 g/mol. The van der Waals surface area contributed by atoms with Crippen LogP contribution in [0.3, 0.4) is 0 Å². The number of aliphatic imine (C=N–C) groups is 2. The van der Waals surface area contributed by atoms with E-state index in [2.05, 4.69) is 84.9 Å². The van der Waals surface area contributed by atoms with Crippen LogP contribution in [0.25, 0.3) is 0 Å². The van der Waals surface area contributed by atoms with Gasteiger partial charge in [-0.05, 0) is 148 Å². The van der Waals surface area contributed by atoms with Crippen molar-refractivity contribution in [3.63, 3.8) is 0 Å². The van der Waals surface area contributed by atoms with Crippen molar-refractivity contribution in [2.75, 3.05) is 0 Å². The fourth-order valence-electron chi connectivity index (χ4n) is 7.96. The largest absolute Gasteiger partial charge is 2.00 e. The molecule has 0 unspecified atom stereocenters. The second-order valence-corrected chi connectivity index (χ2v) is 17.3. The average Bonchev–Trinajstić information content (AvgIpc) is 3.25. The first kappa shape index (κ1) is 56.1. The predicted octanol–water partition coefficient (Wildman–Crippen LogP) is 16.4. The molecule has 5 heteroatoms. The van der Waals surface area contributed by atoms with E-state index in [4.69, 9.17) is 9.98 Å². The van der Waals surface area contributed by atoms with Crippen LogP contribution in [-0.2, 0) is 55.0 Å². The maximum atomic E-state index is 11.4. The molecule has 0 saturated heterocycles. The van der Waals surface area contributed by atoms with Crippen LogP contribution in [0.15, 0.2) is 58.5 Å². The standard InChI is InChI=1S/C44H72N2.C12H18O2.Ni/c1-7-13-19-24-30-44(46-42-34-32-38(26-21-15-9-3)40(36-42)28-23-17-11-5)43(29-18-12-6)45-41-33-31-37(25-20-14-8-2)39(35-41)27-22-16-10-4;1-3-5-6-10-7-9(4-2)8-11(13)12(10)14;/h31-36H,7-30H2,1-6H3;7-8,13-14H,3-6H2,1-2H3;/q;;+2/p-2. The van der Waals surface area contributed by atoms with Crippen LogP contribution in [0.4, 0.5) is 11.4 Å². The van der Waals surface area contributed by atoms with Crippen molar-refractivity contribution < 1.29 is 26.7 Å². The van der Waals surface area contributed by atoms with Gasteiger partial charge in [-0.1, -0.05) is 169 Å². The van der Waals surface area contributed by atoms with E-state index in [0.717, 1.165) is 61.9 Å². The Morgan fingerprint density at radius 3 is 1.21 bits per heavy atom. The molecule has 344 valence electrons. The first-order valence-corrected chi connectivity index (χ1v) is 25.2. The molecule has 3 aromatic rings. The predicted molar refractivity (Wildman–Crippen MR) is 262 cm³/mol.